The second-order valence-electron chi connectivity index (χ2n) is 7.71. The summed E-state index contributed by atoms with van der Waals surface area (Å²) in [4.78, 5) is 21.1. The Morgan fingerprint density at radius 3 is 2.73 bits per heavy atom. The zero-order chi connectivity index (χ0) is 21.3. The Bertz CT molecular complexity index is 1160. The van der Waals surface area contributed by atoms with E-state index in [1.165, 1.54) is 0 Å². The van der Waals surface area contributed by atoms with Crippen molar-refractivity contribution < 1.29 is 4.79 Å². The average Bonchev–Trinajstić information content (AvgIpc) is 3.30. The van der Waals surface area contributed by atoms with E-state index in [0.717, 1.165) is 33.4 Å². The summed E-state index contributed by atoms with van der Waals surface area (Å²) in [5.41, 5.74) is 3.65. The van der Waals surface area contributed by atoms with Crippen molar-refractivity contribution in [1.82, 2.24) is 30.3 Å². The molecule has 4 rings (SSSR count). The van der Waals surface area contributed by atoms with Gasteiger partial charge in [-0.05, 0) is 49.6 Å². The number of carbonyl (C=O) groups is 1. The number of halogens is 1. The Morgan fingerprint density at radius 1 is 1.20 bits per heavy atom. The van der Waals surface area contributed by atoms with Gasteiger partial charge < -0.3 is 10.3 Å². The predicted octanol–water partition coefficient (Wildman–Crippen LogP) is 4.73. The molecule has 0 bridgehead atoms. The molecule has 1 unspecified atom stereocenters. The third kappa shape index (κ3) is 4.14. The first-order valence-electron chi connectivity index (χ1n) is 9.86. The van der Waals surface area contributed by atoms with Crippen LogP contribution in [-0.4, -0.2) is 30.9 Å². The van der Waals surface area contributed by atoms with Crippen molar-refractivity contribution in [3.63, 3.8) is 0 Å². The van der Waals surface area contributed by atoms with Gasteiger partial charge in [0.2, 0.25) is 0 Å². The van der Waals surface area contributed by atoms with Crippen molar-refractivity contribution in [2.75, 3.05) is 0 Å². The highest BCUT2D eigenvalue weighted by molar-refractivity contribution is 9.10. The Kier molecular flexibility index (Phi) is 5.67. The third-order valence-electron chi connectivity index (χ3n) is 4.91. The molecular weight excluding hydrogens is 444 g/mol. The fourth-order valence-corrected chi connectivity index (χ4v) is 3.85. The SMILES string of the molecule is Cc1c(C(=O)NC(CC(C)C)c2nc3ccccc3[nH]2)nnn1-c1cccc(Br)c1. The number of carbonyl (C=O) groups excluding carboxylic acids is 1. The Hall–Kier alpha value is -3.00. The van der Waals surface area contributed by atoms with E-state index >= 15 is 0 Å². The summed E-state index contributed by atoms with van der Waals surface area (Å²) in [6.45, 7) is 6.08. The number of fused-ring (bicyclic) bond motifs is 1. The van der Waals surface area contributed by atoms with Gasteiger partial charge in [0.25, 0.3) is 5.91 Å². The Labute approximate surface area is 183 Å². The van der Waals surface area contributed by atoms with Gasteiger partial charge in [-0.25, -0.2) is 9.67 Å². The first-order chi connectivity index (χ1) is 14.4. The van der Waals surface area contributed by atoms with Crippen LogP contribution in [0.4, 0.5) is 0 Å². The third-order valence-corrected chi connectivity index (χ3v) is 5.41. The molecule has 0 aliphatic rings. The molecule has 2 heterocycles. The van der Waals surface area contributed by atoms with E-state index < -0.39 is 0 Å². The Balaban J connectivity index is 1.61. The molecule has 0 spiro atoms. The first kappa shape index (κ1) is 20.3. The molecule has 0 aliphatic carbocycles. The van der Waals surface area contributed by atoms with Crippen LogP contribution in [0.5, 0.6) is 0 Å². The summed E-state index contributed by atoms with van der Waals surface area (Å²) in [7, 11) is 0. The number of aromatic amines is 1. The number of H-pyrrole nitrogens is 1. The van der Waals surface area contributed by atoms with E-state index in [1.54, 1.807) is 4.68 Å². The summed E-state index contributed by atoms with van der Waals surface area (Å²) >= 11 is 3.46. The molecule has 1 atom stereocenters. The minimum Gasteiger partial charge on any atom is -0.341 e. The van der Waals surface area contributed by atoms with Crippen molar-refractivity contribution >= 4 is 32.9 Å². The molecule has 0 saturated carbocycles. The van der Waals surface area contributed by atoms with Gasteiger partial charge in [0.05, 0.1) is 28.5 Å². The minimum atomic E-state index is -0.264. The Morgan fingerprint density at radius 2 is 2.00 bits per heavy atom. The summed E-state index contributed by atoms with van der Waals surface area (Å²) in [5.74, 6) is 0.858. The molecule has 8 heteroatoms. The van der Waals surface area contributed by atoms with Gasteiger partial charge in [0.1, 0.15) is 5.82 Å². The topological polar surface area (TPSA) is 88.5 Å². The van der Waals surface area contributed by atoms with Gasteiger partial charge in [0.15, 0.2) is 5.69 Å². The molecule has 2 N–H and O–H groups in total. The number of amides is 1. The summed E-state index contributed by atoms with van der Waals surface area (Å²) in [6.07, 6.45) is 0.754. The van der Waals surface area contributed by atoms with Crippen LogP contribution in [0.25, 0.3) is 16.7 Å². The van der Waals surface area contributed by atoms with Gasteiger partial charge in [-0.3, -0.25) is 4.79 Å². The average molecular weight is 467 g/mol. The molecule has 0 saturated heterocycles. The van der Waals surface area contributed by atoms with E-state index in [0.29, 0.717) is 17.3 Å². The second kappa shape index (κ2) is 8.39. The smallest absolute Gasteiger partial charge is 0.274 e. The number of nitrogens with zero attached hydrogens (tertiary/aromatic N) is 4. The lowest BCUT2D eigenvalue weighted by Gasteiger charge is -2.18. The molecule has 30 heavy (non-hydrogen) atoms. The maximum atomic E-state index is 13.1. The molecule has 154 valence electrons. The van der Waals surface area contributed by atoms with Crippen molar-refractivity contribution in [2.45, 2.75) is 33.2 Å². The maximum Gasteiger partial charge on any atom is 0.274 e. The summed E-state index contributed by atoms with van der Waals surface area (Å²) in [5, 5.41) is 11.4. The highest BCUT2D eigenvalue weighted by Crippen LogP contribution is 2.23. The normalized spacial score (nSPS) is 12.4. The first-order valence-corrected chi connectivity index (χ1v) is 10.7. The predicted molar refractivity (Wildman–Crippen MR) is 120 cm³/mol. The van der Waals surface area contributed by atoms with Gasteiger partial charge >= 0.3 is 0 Å². The monoisotopic (exact) mass is 466 g/mol. The van der Waals surface area contributed by atoms with Gasteiger partial charge in [-0.2, -0.15) is 0 Å². The fourth-order valence-electron chi connectivity index (χ4n) is 3.47. The van der Waals surface area contributed by atoms with E-state index in [2.05, 4.69) is 55.4 Å². The number of benzene rings is 2. The second-order valence-corrected chi connectivity index (χ2v) is 8.63. The fraction of sp³-hybridized carbons (Fsp3) is 0.273. The lowest BCUT2D eigenvalue weighted by Crippen LogP contribution is -2.31. The van der Waals surface area contributed by atoms with Crippen LogP contribution in [0.1, 0.15) is 48.3 Å². The molecule has 2 aromatic carbocycles. The van der Waals surface area contributed by atoms with Crippen LogP contribution in [0.2, 0.25) is 0 Å². The molecule has 0 radical (unpaired) electrons. The summed E-state index contributed by atoms with van der Waals surface area (Å²) in [6, 6.07) is 15.3. The lowest BCUT2D eigenvalue weighted by atomic mass is 10.0. The van der Waals surface area contributed by atoms with Crippen LogP contribution in [-0.2, 0) is 0 Å². The lowest BCUT2D eigenvalue weighted by molar-refractivity contribution is 0.0924. The number of nitrogens with one attached hydrogen (secondary N) is 2. The van der Waals surface area contributed by atoms with Crippen molar-refractivity contribution in [1.29, 1.82) is 0 Å². The van der Waals surface area contributed by atoms with Crippen LogP contribution in [0, 0.1) is 12.8 Å². The molecule has 7 nitrogen and oxygen atoms in total. The minimum absolute atomic E-state index is 0.250. The quantitative estimate of drug-likeness (QED) is 0.429. The highest BCUT2D eigenvalue weighted by atomic mass is 79.9. The van der Waals surface area contributed by atoms with Crippen molar-refractivity contribution in [3.05, 3.63) is 70.2 Å². The van der Waals surface area contributed by atoms with E-state index in [9.17, 15) is 4.79 Å². The molecule has 2 aromatic heterocycles. The van der Waals surface area contributed by atoms with Crippen LogP contribution >= 0.6 is 15.9 Å². The number of imidazole rings is 1. The van der Waals surface area contributed by atoms with E-state index in [4.69, 9.17) is 0 Å². The number of hydrogen-bond acceptors (Lipinski definition) is 4. The van der Waals surface area contributed by atoms with Crippen molar-refractivity contribution in [2.24, 2.45) is 5.92 Å². The number of aromatic nitrogens is 5. The molecular formula is C22H23BrN6O. The largest absolute Gasteiger partial charge is 0.341 e. The van der Waals surface area contributed by atoms with Crippen LogP contribution in [0.15, 0.2) is 53.0 Å². The van der Waals surface area contributed by atoms with Crippen molar-refractivity contribution in [3.8, 4) is 5.69 Å². The highest BCUT2D eigenvalue weighted by Gasteiger charge is 2.24. The number of rotatable bonds is 6. The zero-order valence-electron chi connectivity index (χ0n) is 17.1. The van der Waals surface area contributed by atoms with E-state index in [1.807, 2.05) is 55.5 Å². The van der Waals surface area contributed by atoms with E-state index in [-0.39, 0.29) is 11.9 Å². The van der Waals surface area contributed by atoms with Gasteiger partial charge in [-0.15, -0.1) is 5.10 Å². The molecule has 0 aliphatic heterocycles. The van der Waals surface area contributed by atoms with Crippen LogP contribution < -0.4 is 5.32 Å². The molecule has 0 fully saturated rings. The van der Waals surface area contributed by atoms with Gasteiger partial charge in [0, 0.05) is 4.47 Å². The summed E-state index contributed by atoms with van der Waals surface area (Å²) < 4.78 is 2.60. The van der Waals surface area contributed by atoms with Gasteiger partial charge in [-0.1, -0.05) is 53.2 Å². The zero-order valence-corrected chi connectivity index (χ0v) is 18.6. The maximum absolute atomic E-state index is 13.1. The molecule has 4 aromatic rings. The number of para-hydroxylation sites is 2. The van der Waals surface area contributed by atoms with Crippen LogP contribution in [0.3, 0.4) is 0 Å². The number of hydrogen-bond donors (Lipinski definition) is 2. The standard InChI is InChI=1S/C22H23BrN6O/c1-13(2)11-19(21-24-17-9-4-5-10-18(17)25-21)26-22(30)20-14(3)29(28-27-20)16-8-6-7-15(23)12-16/h4-10,12-13,19H,11H2,1-3H3,(H,24,25)(H,26,30). The molecule has 1 amide bonds.